The molecule has 3 rings (SSSR count). The summed E-state index contributed by atoms with van der Waals surface area (Å²) in [5.74, 6) is -0.0804. The standard InChI is InChI=1S/C22H26N2O4/c1-4-15-10-17-20(18(11-15)28-14(3)25)19(21(26)22(23)27)13(2)24(17)12-16-8-6-5-7-9-16/h5-11,21-22,26-27H,4,12,23H2,1-3H3. The number of aliphatic hydroxyl groups is 2. The van der Waals surface area contributed by atoms with Gasteiger partial charge >= 0.3 is 5.97 Å². The van der Waals surface area contributed by atoms with Gasteiger partial charge in [-0.25, -0.2) is 0 Å². The SMILES string of the molecule is CCc1cc(OC(C)=O)c2c(C(O)C(N)O)c(C)n(Cc3ccccc3)c2c1. The maximum atomic E-state index is 11.7. The summed E-state index contributed by atoms with van der Waals surface area (Å²) >= 11 is 0. The fourth-order valence-corrected chi connectivity index (χ4v) is 3.59. The minimum absolute atomic E-state index is 0.367. The predicted molar refractivity (Wildman–Crippen MR) is 108 cm³/mol. The van der Waals surface area contributed by atoms with Crippen molar-refractivity contribution in [3.05, 3.63) is 64.8 Å². The van der Waals surface area contributed by atoms with Crippen LogP contribution in [0.1, 0.15) is 42.3 Å². The van der Waals surface area contributed by atoms with Crippen LogP contribution in [-0.4, -0.2) is 27.0 Å². The van der Waals surface area contributed by atoms with Crippen molar-refractivity contribution in [3.8, 4) is 5.75 Å². The van der Waals surface area contributed by atoms with Crippen LogP contribution in [0.2, 0.25) is 0 Å². The molecule has 0 bridgehead atoms. The highest BCUT2D eigenvalue weighted by atomic mass is 16.5. The number of nitrogens with zero attached hydrogens (tertiary/aromatic N) is 1. The Bertz CT molecular complexity index is 993. The van der Waals surface area contributed by atoms with Gasteiger partial charge in [0, 0.05) is 30.1 Å². The molecule has 4 N–H and O–H groups in total. The zero-order chi connectivity index (χ0) is 20.4. The van der Waals surface area contributed by atoms with Crippen LogP contribution in [0.3, 0.4) is 0 Å². The molecule has 6 heteroatoms. The first-order valence-corrected chi connectivity index (χ1v) is 9.33. The van der Waals surface area contributed by atoms with Crippen LogP contribution in [0.5, 0.6) is 5.75 Å². The number of nitrogens with two attached hydrogens (primary N) is 1. The number of esters is 1. The summed E-state index contributed by atoms with van der Waals surface area (Å²) in [6, 6.07) is 13.8. The van der Waals surface area contributed by atoms with Crippen LogP contribution in [-0.2, 0) is 17.8 Å². The van der Waals surface area contributed by atoms with Crippen molar-refractivity contribution < 1.29 is 19.7 Å². The molecular weight excluding hydrogens is 356 g/mol. The Hall–Kier alpha value is -2.67. The molecule has 3 aromatic rings. The molecule has 1 aromatic heterocycles. The lowest BCUT2D eigenvalue weighted by Gasteiger charge is -2.16. The molecule has 6 nitrogen and oxygen atoms in total. The minimum Gasteiger partial charge on any atom is -0.426 e. The largest absolute Gasteiger partial charge is 0.426 e. The summed E-state index contributed by atoms with van der Waals surface area (Å²) in [7, 11) is 0. The Labute approximate surface area is 164 Å². The summed E-state index contributed by atoms with van der Waals surface area (Å²) in [5.41, 5.74) is 9.74. The molecule has 2 aromatic carbocycles. The first-order chi connectivity index (χ1) is 13.3. The Morgan fingerprint density at radius 3 is 2.43 bits per heavy atom. The number of rotatable bonds is 6. The van der Waals surface area contributed by atoms with Gasteiger partial charge in [0.2, 0.25) is 0 Å². The van der Waals surface area contributed by atoms with E-state index in [0.717, 1.165) is 28.8 Å². The van der Waals surface area contributed by atoms with Gasteiger partial charge in [-0.1, -0.05) is 37.3 Å². The smallest absolute Gasteiger partial charge is 0.308 e. The van der Waals surface area contributed by atoms with E-state index in [0.29, 0.717) is 23.2 Å². The van der Waals surface area contributed by atoms with Crippen LogP contribution in [0, 0.1) is 6.92 Å². The van der Waals surface area contributed by atoms with E-state index in [-0.39, 0.29) is 0 Å². The number of carbonyl (C=O) groups is 1. The van der Waals surface area contributed by atoms with E-state index < -0.39 is 18.3 Å². The molecule has 0 saturated heterocycles. The third kappa shape index (κ3) is 3.80. The molecule has 0 radical (unpaired) electrons. The highest BCUT2D eigenvalue weighted by Gasteiger charge is 2.27. The van der Waals surface area contributed by atoms with Crippen molar-refractivity contribution in [2.75, 3.05) is 0 Å². The second-order valence-corrected chi connectivity index (χ2v) is 6.94. The molecule has 1 heterocycles. The maximum absolute atomic E-state index is 11.7. The Balaban J connectivity index is 2.32. The van der Waals surface area contributed by atoms with Crippen LogP contribution in [0.4, 0.5) is 0 Å². The molecule has 0 spiro atoms. The number of hydrogen-bond acceptors (Lipinski definition) is 5. The highest BCUT2D eigenvalue weighted by Crippen LogP contribution is 2.39. The van der Waals surface area contributed by atoms with Gasteiger partial charge in [0.1, 0.15) is 18.1 Å². The second-order valence-electron chi connectivity index (χ2n) is 6.94. The van der Waals surface area contributed by atoms with Crippen LogP contribution < -0.4 is 10.5 Å². The summed E-state index contributed by atoms with van der Waals surface area (Å²) in [4.78, 5) is 11.7. The fraction of sp³-hybridized carbons (Fsp3) is 0.318. The van der Waals surface area contributed by atoms with Gasteiger partial charge in [-0.05, 0) is 36.6 Å². The van der Waals surface area contributed by atoms with Crippen molar-refractivity contribution in [1.82, 2.24) is 4.57 Å². The van der Waals surface area contributed by atoms with E-state index in [9.17, 15) is 15.0 Å². The lowest BCUT2D eigenvalue weighted by Crippen LogP contribution is -2.28. The number of ether oxygens (including phenoxy) is 1. The molecule has 148 valence electrons. The maximum Gasteiger partial charge on any atom is 0.308 e. The van der Waals surface area contributed by atoms with E-state index in [4.69, 9.17) is 10.5 Å². The van der Waals surface area contributed by atoms with Crippen molar-refractivity contribution in [3.63, 3.8) is 0 Å². The first kappa shape index (κ1) is 20.1. The number of fused-ring (bicyclic) bond motifs is 1. The number of carbonyl (C=O) groups excluding carboxylic acids is 1. The van der Waals surface area contributed by atoms with Crippen molar-refractivity contribution in [2.45, 2.75) is 46.1 Å². The summed E-state index contributed by atoms with van der Waals surface area (Å²) < 4.78 is 7.53. The zero-order valence-corrected chi connectivity index (χ0v) is 16.3. The van der Waals surface area contributed by atoms with Gasteiger partial charge in [-0.3, -0.25) is 4.79 Å². The zero-order valence-electron chi connectivity index (χ0n) is 16.3. The van der Waals surface area contributed by atoms with Crippen molar-refractivity contribution in [1.29, 1.82) is 0 Å². The van der Waals surface area contributed by atoms with E-state index in [1.165, 1.54) is 6.92 Å². The minimum atomic E-state index is -1.45. The van der Waals surface area contributed by atoms with Gasteiger partial charge < -0.3 is 25.3 Å². The number of aliphatic hydroxyl groups excluding tert-OH is 2. The third-order valence-electron chi connectivity index (χ3n) is 4.96. The normalized spacial score (nSPS) is 13.5. The van der Waals surface area contributed by atoms with E-state index in [2.05, 4.69) is 4.57 Å². The quantitative estimate of drug-likeness (QED) is 0.346. The van der Waals surface area contributed by atoms with Gasteiger partial charge in [-0.2, -0.15) is 0 Å². The van der Waals surface area contributed by atoms with Gasteiger partial charge in [0.25, 0.3) is 0 Å². The number of aryl methyl sites for hydroxylation is 1. The van der Waals surface area contributed by atoms with Crippen LogP contribution >= 0.6 is 0 Å². The van der Waals surface area contributed by atoms with E-state index in [1.807, 2.05) is 50.2 Å². The predicted octanol–water partition coefficient (Wildman–Crippen LogP) is 2.80. The van der Waals surface area contributed by atoms with Crippen LogP contribution in [0.25, 0.3) is 10.9 Å². The monoisotopic (exact) mass is 382 g/mol. The lowest BCUT2D eigenvalue weighted by atomic mass is 10.0. The van der Waals surface area contributed by atoms with Crippen molar-refractivity contribution >= 4 is 16.9 Å². The Morgan fingerprint density at radius 2 is 1.86 bits per heavy atom. The Kier molecular flexibility index (Phi) is 5.84. The molecule has 0 aliphatic carbocycles. The lowest BCUT2D eigenvalue weighted by molar-refractivity contribution is -0.131. The molecule has 28 heavy (non-hydrogen) atoms. The van der Waals surface area contributed by atoms with Crippen molar-refractivity contribution in [2.24, 2.45) is 5.73 Å². The van der Waals surface area contributed by atoms with Gasteiger partial charge in [-0.15, -0.1) is 0 Å². The molecule has 0 saturated carbocycles. The average molecular weight is 382 g/mol. The summed E-state index contributed by atoms with van der Waals surface area (Å²) in [6.45, 7) is 5.80. The first-order valence-electron chi connectivity index (χ1n) is 9.33. The summed E-state index contributed by atoms with van der Waals surface area (Å²) in [5, 5.41) is 21.0. The summed E-state index contributed by atoms with van der Waals surface area (Å²) in [6.07, 6.45) is -2.00. The van der Waals surface area contributed by atoms with Gasteiger partial charge in [0.05, 0.1) is 5.52 Å². The number of aromatic nitrogens is 1. The number of benzene rings is 2. The van der Waals surface area contributed by atoms with Gasteiger partial charge in [0.15, 0.2) is 0 Å². The number of hydrogen-bond donors (Lipinski definition) is 3. The molecule has 2 unspecified atom stereocenters. The van der Waals surface area contributed by atoms with Crippen LogP contribution in [0.15, 0.2) is 42.5 Å². The van der Waals surface area contributed by atoms with E-state index >= 15 is 0 Å². The molecule has 0 fully saturated rings. The highest BCUT2D eigenvalue weighted by molar-refractivity contribution is 5.94. The molecular formula is C22H26N2O4. The second kappa shape index (κ2) is 8.14. The molecule has 0 amide bonds. The average Bonchev–Trinajstić information content (AvgIpc) is 2.93. The third-order valence-corrected chi connectivity index (χ3v) is 4.96. The molecule has 2 atom stereocenters. The molecule has 0 aliphatic rings. The topological polar surface area (TPSA) is 97.7 Å². The Morgan fingerprint density at radius 1 is 1.18 bits per heavy atom. The molecule has 0 aliphatic heterocycles. The van der Waals surface area contributed by atoms with E-state index in [1.54, 1.807) is 6.07 Å². The fourth-order valence-electron chi connectivity index (χ4n) is 3.59.